The second-order valence-electron chi connectivity index (χ2n) is 8.54. The number of nitrogens with zero attached hydrogens (tertiary/aromatic N) is 2. The van der Waals surface area contributed by atoms with E-state index in [0.717, 1.165) is 28.7 Å². The van der Waals surface area contributed by atoms with Crippen molar-refractivity contribution >= 4 is 38.6 Å². The predicted molar refractivity (Wildman–Crippen MR) is 130 cm³/mol. The van der Waals surface area contributed by atoms with E-state index < -0.39 is 10.0 Å². The van der Waals surface area contributed by atoms with Crippen molar-refractivity contribution in [1.82, 2.24) is 8.87 Å². The van der Waals surface area contributed by atoms with Gasteiger partial charge in [0.15, 0.2) is 0 Å². The normalized spacial score (nSPS) is 15.5. The molecule has 2 aromatic carbocycles. The number of ether oxygens (including phenoxy) is 1. The molecule has 0 aliphatic carbocycles. The molecule has 174 valence electrons. The van der Waals surface area contributed by atoms with Crippen LogP contribution in [0.4, 0.5) is 5.69 Å². The van der Waals surface area contributed by atoms with Crippen LogP contribution in [0.5, 0.6) is 0 Å². The number of hydrogen-bond donors (Lipinski definition) is 1. The van der Waals surface area contributed by atoms with Crippen molar-refractivity contribution in [2.75, 3.05) is 31.6 Å². The van der Waals surface area contributed by atoms with Crippen molar-refractivity contribution in [3.05, 3.63) is 66.4 Å². The summed E-state index contributed by atoms with van der Waals surface area (Å²) in [4.78, 5) is 12.6. The lowest BCUT2D eigenvalue weighted by Crippen LogP contribution is -2.40. The van der Waals surface area contributed by atoms with Crippen molar-refractivity contribution < 1.29 is 17.9 Å². The van der Waals surface area contributed by atoms with Crippen molar-refractivity contribution in [3.63, 3.8) is 0 Å². The number of carbonyl (C=O) groups excluding carboxylic acids is 1. The number of amides is 1. The maximum Gasteiger partial charge on any atom is 0.248 e. The third kappa shape index (κ3) is 5.52. The molecule has 4 rings (SSSR count). The van der Waals surface area contributed by atoms with E-state index in [2.05, 4.69) is 36.0 Å². The summed E-state index contributed by atoms with van der Waals surface area (Å²) in [5, 5.41) is 3.96. The molecule has 1 aliphatic rings. The Labute approximate surface area is 194 Å². The Balaban J connectivity index is 1.39. The van der Waals surface area contributed by atoms with Gasteiger partial charge >= 0.3 is 0 Å². The number of rotatable bonds is 7. The highest BCUT2D eigenvalue weighted by Crippen LogP contribution is 2.22. The number of nitrogens with one attached hydrogen (secondary N) is 1. The number of carbonyl (C=O) groups is 1. The molecule has 7 nitrogen and oxygen atoms in total. The van der Waals surface area contributed by atoms with Gasteiger partial charge in [0.05, 0.1) is 18.1 Å². The number of morpholine rings is 1. The third-order valence-corrected chi connectivity index (χ3v) is 7.43. The summed E-state index contributed by atoms with van der Waals surface area (Å²) in [7, 11) is -3.53. The van der Waals surface area contributed by atoms with Gasteiger partial charge in [-0.05, 0) is 54.0 Å². The van der Waals surface area contributed by atoms with E-state index in [4.69, 9.17) is 4.74 Å². The molecule has 0 bridgehead atoms. The largest absolute Gasteiger partial charge is 0.379 e. The highest BCUT2D eigenvalue weighted by Gasteiger charge is 2.25. The summed E-state index contributed by atoms with van der Waals surface area (Å²) in [5.74, 6) is 0.305. The average Bonchev–Trinajstić information content (AvgIpc) is 3.20. The lowest BCUT2D eigenvalue weighted by molar-refractivity contribution is -0.111. The standard InChI is InChI=1S/C25H29N3O4S/c1-19(2)18-27-12-11-21-17-22(6-9-24(21)27)26-25(29)10-5-20-3-7-23(8-4-20)33(30,31)28-13-15-32-16-14-28/h3-12,17,19H,13-16,18H2,1-2H3,(H,26,29)/b10-5+. The molecule has 1 amide bonds. The fourth-order valence-corrected chi connectivity index (χ4v) is 5.28. The average molecular weight is 468 g/mol. The summed E-state index contributed by atoms with van der Waals surface area (Å²) in [6, 6.07) is 14.5. The van der Waals surface area contributed by atoms with Crippen LogP contribution in [0.1, 0.15) is 19.4 Å². The molecule has 1 N–H and O–H groups in total. The van der Waals surface area contributed by atoms with Crippen LogP contribution in [0.3, 0.4) is 0 Å². The van der Waals surface area contributed by atoms with Crippen molar-refractivity contribution in [3.8, 4) is 0 Å². The maximum absolute atomic E-state index is 12.7. The molecule has 2 heterocycles. The topological polar surface area (TPSA) is 80.6 Å². The maximum atomic E-state index is 12.7. The van der Waals surface area contributed by atoms with E-state index in [1.54, 1.807) is 30.3 Å². The van der Waals surface area contributed by atoms with Gasteiger partial charge in [-0.1, -0.05) is 26.0 Å². The molecule has 0 atom stereocenters. The molecule has 0 radical (unpaired) electrons. The molecule has 1 saturated heterocycles. The van der Waals surface area contributed by atoms with E-state index in [0.29, 0.717) is 32.2 Å². The minimum atomic E-state index is -3.53. The van der Waals surface area contributed by atoms with Gasteiger partial charge in [-0.2, -0.15) is 4.31 Å². The molecule has 1 fully saturated rings. The quantitative estimate of drug-likeness (QED) is 0.533. The molecule has 0 saturated carbocycles. The molecule has 0 unspecified atom stereocenters. The van der Waals surface area contributed by atoms with Gasteiger partial charge in [-0.25, -0.2) is 8.42 Å². The Morgan fingerprint density at radius 3 is 2.52 bits per heavy atom. The van der Waals surface area contributed by atoms with Gasteiger partial charge in [-0.3, -0.25) is 4.79 Å². The minimum Gasteiger partial charge on any atom is -0.379 e. The van der Waals surface area contributed by atoms with E-state index in [1.165, 1.54) is 10.4 Å². The van der Waals surface area contributed by atoms with Crippen molar-refractivity contribution in [2.24, 2.45) is 5.92 Å². The Morgan fingerprint density at radius 2 is 1.82 bits per heavy atom. The Bertz CT molecular complexity index is 1250. The molecule has 8 heteroatoms. The van der Waals surface area contributed by atoms with E-state index in [-0.39, 0.29) is 10.8 Å². The monoisotopic (exact) mass is 467 g/mol. The van der Waals surface area contributed by atoms with E-state index in [1.807, 2.05) is 18.2 Å². The predicted octanol–water partition coefficient (Wildman–Crippen LogP) is 3.97. The molecular formula is C25H29N3O4S. The number of benzene rings is 2. The number of anilines is 1. The molecule has 3 aromatic rings. The zero-order chi connectivity index (χ0) is 23.4. The van der Waals surface area contributed by atoms with Gasteiger partial charge in [0, 0.05) is 48.5 Å². The van der Waals surface area contributed by atoms with Crippen LogP contribution in [-0.2, 0) is 26.1 Å². The van der Waals surface area contributed by atoms with Gasteiger partial charge in [0.2, 0.25) is 15.9 Å². The molecule has 1 aliphatic heterocycles. The summed E-state index contributed by atoms with van der Waals surface area (Å²) in [5.41, 5.74) is 2.61. The highest BCUT2D eigenvalue weighted by atomic mass is 32.2. The number of hydrogen-bond acceptors (Lipinski definition) is 4. The molecule has 33 heavy (non-hydrogen) atoms. The summed E-state index contributed by atoms with van der Waals surface area (Å²) < 4.78 is 34.3. The van der Waals surface area contributed by atoms with E-state index >= 15 is 0 Å². The lowest BCUT2D eigenvalue weighted by atomic mass is 10.2. The first kappa shape index (κ1) is 23.2. The van der Waals surface area contributed by atoms with E-state index in [9.17, 15) is 13.2 Å². The fourth-order valence-electron chi connectivity index (χ4n) is 3.87. The molecule has 1 aromatic heterocycles. The Kier molecular flexibility index (Phi) is 6.97. The Hall–Kier alpha value is -2.94. The van der Waals surface area contributed by atoms with Crippen LogP contribution in [0.2, 0.25) is 0 Å². The van der Waals surface area contributed by atoms with Crippen LogP contribution in [-0.4, -0.2) is 49.5 Å². The van der Waals surface area contributed by atoms with Gasteiger partial charge in [0.25, 0.3) is 0 Å². The second-order valence-corrected chi connectivity index (χ2v) is 10.5. The highest BCUT2D eigenvalue weighted by molar-refractivity contribution is 7.89. The second kappa shape index (κ2) is 9.91. The van der Waals surface area contributed by atoms with Crippen LogP contribution < -0.4 is 5.32 Å². The first-order valence-corrected chi connectivity index (χ1v) is 12.5. The number of sulfonamides is 1. The van der Waals surface area contributed by atoms with Crippen LogP contribution in [0.25, 0.3) is 17.0 Å². The van der Waals surface area contributed by atoms with Gasteiger partial charge in [0.1, 0.15) is 0 Å². The number of fused-ring (bicyclic) bond motifs is 1. The van der Waals surface area contributed by atoms with Crippen LogP contribution in [0.15, 0.2) is 65.7 Å². The van der Waals surface area contributed by atoms with Crippen molar-refractivity contribution in [2.45, 2.75) is 25.3 Å². The SMILES string of the molecule is CC(C)Cn1ccc2cc(NC(=O)/C=C/c3ccc(S(=O)(=O)N4CCOCC4)cc3)ccc21. The van der Waals surface area contributed by atoms with Gasteiger partial charge in [-0.15, -0.1) is 0 Å². The number of aromatic nitrogens is 1. The summed E-state index contributed by atoms with van der Waals surface area (Å²) >= 11 is 0. The molecule has 0 spiro atoms. The zero-order valence-electron chi connectivity index (χ0n) is 18.9. The smallest absolute Gasteiger partial charge is 0.248 e. The third-order valence-electron chi connectivity index (χ3n) is 5.52. The van der Waals surface area contributed by atoms with Gasteiger partial charge < -0.3 is 14.6 Å². The Morgan fingerprint density at radius 1 is 1.09 bits per heavy atom. The van der Waals surface area contributed by atoms with Crippen LogP contribution in [0, 0.1) is 5.92 Å². The van der Waals surface area contributed by atoms with Crippen molar-refractivity contribution in [1.29, 1.82) is 0 Å². The first-order valence-electron chi connectivity index (χ1n) is 11.1. The fraction of sp³-hybridized carbons (Fsp3) is 0.320. The summed E-state index contributed by atoms with van der Waals surface area (Å²) in [6.45, 7) is 6.85. The zero-order valence-corrected chi connectivity index (χ0v) is 19.7. The first-order chi connectivity index (χ1) is 15.8. The lowest BCUT2D eigenvalue weighted by Gasteiger charge is -2.26. The molecular weight excluding hydrogens is 438 g/mol. The summed E-state index contributed by atoms with van der Waals surface area (Å²) in [6.07, 6.45) is 5.18. The minimum absolute atomic E-state index is 0.240. The van der Waals surface area contributed by atoms with Crippen LogP contribution >= 0.6 is 0 Å².